The molecule has 0 fully saturated rings. The summed E-state index contributed by atoms with van der Waals surface area (Å²) in [7, 11) is 1.70. The van der Waals surface area contributed by atoms with Crippen molar-refractivity contribution in [1.29, 1.82) is 0 Å². The van der Waals surface area contributed by atoms with Gasteiger partial charge in [-0.1, -0.05) is 12.1 Å². The first kappa shape index (κ1) is 11.8. The monoisotopic (exact) mass is 260 g/mol. The highest BCUT2D eigenvalue weighted by atomic mass is 32.1. The van der Waals surface area contributed by atoms with Crippen molar-refractivity contribution >= 4 is 11.3 Å². The maximum atomic E-state index is 5.11. The Balaban J connectivity index is 1.91. The molecule has 2 heterocycles. The molecule has 0 unspecified atom stereocenters. The summed E-state index contributed by atoms with van der Waals surface area (Å²) < 4.78 is 5.11. The molecule has 1 aromatic heterocycles. The molecule has 18 heavy (non-hydrogen) atoms. The number of fused-ring (bicyclic) bond motifs is 1. The summed E-state index contributed by atoms with van der Waals surface area (Å²) in [6, 6.07) is 6.66. The third-order valence-electron chi connectivity index (χ3n) is 3.21. The van der Waals surface area contributed by atoms with Crippen LogP contribution in [-0.2, 0) is 24.3 Å². The number of methoxy groups -OCH3 is 1. The zero-order chi connectivity index (χ0) is 12.4. The molecule has 3 rings (SSSR count). The largest absolute Gasteiger partial charge is 0.378 e. The molecule has 2 aromatic rings. The Bertz CT molecular complexity index is 550. The van der Waals surface area contributed by atoms with Crippen molar-refractivity contribution in [3.8, 4) is 11.3 Å². The highest BCUT2D eigenvalue weighted by Gasteiger charge is 2.11. The molecular formula is C14H16N2OS. The van der Waals surface area contributed by atoms with E-state index in [4.69, 9.17) is 4.74 Å². The van der Waals surface area contributed by atoms with Crippen LogP contribution in [0.15, 0.2) is 23.6 Å². The molecule has 0 spiro atoms. The standard InChI is InChI=1S/C14H16N2OS/c1-17-8-14-16-13(9-18-14)11-2-3-12-7-15-5-4-10(12)6-11/h2-3,6,9,15H,4-5,7-8H2,1H3. The van der Waals surface area contributed by atoms with Crippen LogP contribution < -0.4 is 5.32 Å². The quantitative estimate of drug-likeness (QED) is 0.921. The smallest absolute Gasteiger partial charge is 0.119 e. The van der Waals surface area contributed by atoms with Crippen LogP contribution in [0.1, 0.15) is 16.1 Å². The van der Waals surface area contributed by atoms with E-state index in [9.17, 15) is 0 Å². The van der Waals surface area contributed by atoms with Crippen molar-refractivity contribution in [2.24, 2.45) is 0 Å². The zero-order valence-electron chi connectivity index (χ0n) is 10.4. The van der Waals surface area contributed by atoms with Crippen LogP contribution in [0.2, 0.25) is 0 Å². The van der Waals surface area contributed by atoms with Gasteiger partial charge >= 0.3 is 0 Å². The van der Waals surface area contributed by atoms with Crippen molar-refractivity contribution in [3.05, 3.63) is 39.7 Å². The van der Waals surface area contributed by atoms with Crippen LogP contribution >= 0.6 is 11.3 Å². The van der Waals surface area contributed by atoms with E-state index in [0.717, 1.165) is 30.2 Å². The Kier molecular flexibility index (Phi) is 3.41. The lowest BCUT2D eigenvalue weighted by molar-refractivity contribution is 0.184. The van der Waals surface area contributed by atoms with E-state index in [1.807, 2.05) is 0 Å². The van der Waals surface area contributed by atoms with Crippen LogP contribution in [0, 0.1) is 0 Å². The minimum Gasteiger partial charge on any atom is -0.378 e. The summed E-state index contributed by atoms with van der Waals surface area (Å²) in [4.78, 5) is 4.60. The van der Waals surface area contributed by atoms with Gasteiger partial charge in [0.25, 0.3) is 0 Å². The Labute approximate surface area is 111 Å². The van der Waals surface area contributed by atoms with E-state index in [0.29, 0.717) is 6.61 Å². The van der Waals surface area contributed by atoms with Gasteiger partial charge in [-0.15, -0.1) is 11.3 Å². The fourth-order valence-corrected chi connectivity index (χ4v) is 3.04. The number of ether oxygens (including phenoxy) is 1. The summed E-state index contributed by atoms with van der Waals surface area (Å²) >= 11 is 1.66. The van der Waals surface area contributed by atoms with E-state index in [-0.39, 0.29) is 0 Å². The van der Waals surface area contributed by atoms with Crippen molar-refractivity contribution < 1.29 is 4.74 Å². The van der Waals surface area contributed by atoms with E-state index in [2.05, 4.69) is 33.9 Å². The van der Waals surface area contributed by atoms with E-state index >= 15 is 0 Å². The highest BCUT2D eigenvalue weighted by Crippen LogP contribution is 2.26. The van der Waals surface area contributed by atoms with Gasteiger partial charge in [0.2, 0.25) is 0 Å². The molecule has 0 saturated carbocycles. The Morgan fingerprint density at radius 2 is 2.33 bits per heavy atom. The number of benzene rings is 1. The zero-order valence-corrected chi connectivity index (χ0v) is 11.2. The third kappa shape index (κ3) is 2.32. The van der Waals surface area contributed by atoms with Gasteiger partial charge in [-0.25, -0.2) is 4.98 Å². The summed E-state index contributed by atoms with van der Waals surface area (Å²) in [5.41, 5.74) is 5.15. The number of hydrogen-bond acceptors (Lipinski definition) is 4. The van der Waals surface area contributed by atoms with Crippen molar-refractivity contribution in [2.75, 3.05) is 13.7 Å². The molecule has 0 amide bonds. The normalized spacial score (nSPS) is 14.5. The number of nitrogens with zero attached hydrogens (tertiary/aromatic N) is 1. The van der Waals surface area contributed by atoms with Crippen LogP contribution in [0.5, 0.6) is 0 Å². The number of hydrogen-bond donors (Lipinski definition) is 1. The average molecular weight is 260 g/mol. The van der Waals surface area contributed by atoms with Gasteiger partial charge in [-0.05, 0) is 30.2 Å². The summed E-state index contributed by atoms with van der Waals surface area (Å²) in [5, 5.41) is 6.53. The maximum Gasteiger partial charge on any atom is 0.119 e. The summed E-state index contributed by atoms with van der Waals surface area (Å²) in [6.07, 6.45) is 1.11. The molecule has 0 saturated heterocycles. The van der Waals surface area contributed by atoms with Gasteiger partial charge < -0.3 is 10.1 Å². The van der Waals surface area contributed by atoms with Crippen molar-refractivity contribution in [2.45, 2.75) is 19.6 Å². The van der Waals surface area contributed by atoms with Crippen LogP contribution in [0.3, 0.4) is 0 Å². The average Bonchev–Trinajstić information content (AvgIpc) is 2.87. The van der Waals surface area contributed by atoms with Crippen LogP contribution in [-0.4, -0.2) is 18.6 Å². The fraction of sp³-hybridized carbons (Fsp3) is 0.357. The SMILES string of the molecule is COCc1nc(-c2ccc3c(c2)CCNC3)cs1. The molecule has 1 aliphatic rings. The molecule has 94 valence electrons. The van der Waals surface area contributed by atoms with Crippen molar-refractivity contribution in [1.82, 2.24) is 10.3 Å². The van der Waals surface area contributed by atoms with Crippen LogP contribution in [0.25, 0.3) is 11.3 Å². The molecule has 0 aliphatic carbocycles. The first-order valence-electron chi connectivity index (χ1n) is 6.13. The van der Waals surface area contributed by atoms with Crippen LogP contribution in [0.4, 0.5) is 0 Å². The molecule has 3 nitrogen and oxygen atoms in total. The second kappa shape index (κ2) is 5.18. The molecule has 0 bridgehead atoms. The Hall–Kier alpha value is -1.23. The summed E-state index contributed by atoms with van der Waals surface area (Å²) in [5.74, 6) is 0. The molecule has 0 radical (unpaired) electrons. The van der Waals surface area contributed by atoms with Gasteiger partial charge in [0.15, 0.2) is 0 Å². The Morgan fingerprint density at radius 1 is 1.39 bits per heavy atom. The fourth-order valence-electron chi connectivity index (χ4n) is 2.27. The third-order valence-corrected chi connectivity index (χ3v) is 4.03. The van der Waals surface area contributed by atoms with Gasteiger partial charge in [0, 0.05) is 24.6 Å². The number of nitrogens with one attached hydrogen (secondary N) is 1. The number of aromatic nitrogens is 1. The molecule has 1 aliphatic heterocycles. The second-order valence-electron chi connectivity index (χ2n) is 4.47. The van der Waals surface area contributed by atoms with Gasteiger partial charge in [0.1, 0.15) is 5.01 Å². The van der Waals surface area contributed by atoms with Gasteiger partial charge in [-0.3, -0.25) is 0 Å². The first-order chi connectivity index (χ1) is 8.86. The minimum atomic E-state index is 0.597. The van der Waals surface area contributed by atoms with E-state index in [1.54, 1.807) is 18.4 Å². The Morgan fingerprint density at radius 3 is 3.22 bits per heavy atom. The summed E-state index contributed by atoms with van der Waals surface area (Å²) in [6.45, 7) is 2.66. The maximum absolute atomic E-state index is 5.11. The first-order valence-corrected chi connectivity index (χ1v) is 7.01. The number of rotatable bonds is 3. The second-order valence-corrected chi connectivity index (χ2v) is 5.41. The molecule has 1 aromatic carbocycles. The topological polar surface area (TPSA) is 34.1 Å². The van der Waals surface area contributed by atoms with E-state index < -0.39 is 0 Å². The molecule has 0 atom stereocenters. The van der Waals surface area contributed by atoms with E-state index in [1.165, 1.54) is 16.7 Å². The number of thiazole rings is 1. The molecular weight excluding hydrogens is 244 g/mol. The van der Waals surface area contributed by atoms with Gasteiger partial charge in [0.05, 0.1) is 12.3 Å². The lowest BCUT2D eigenvalue weighted by Gasteiger charge is -2.17. The highest BCUT2D eigenvalue weighted by molar-refractivity contribution is 7.09. The lowest BCUT2D eigenvalue weighted by Crippen LogP contribution is -2.23. The predicted octanol–water partition coefficient (Wildman–Crippen LogP) is 2.60. The minimum absolute atomic E-state index is 0.597. The molecule has 4 heteroatoms. The lowest BCUT2D eigenvalue weighted by atomic mass is 9.98. The predicted molar refractivity (Wildman–Crippen MR) is 73.7 cm³/mol. The molecule has 1 N–H and O–H groups in total. The van der Waals surface area contributed by atoms with Gasteiger partial charge in [-0.2, -0.15) is 0 Å². The van der Waals surface area contributed by atoms with Crippen molar-refractivity contribution in [3.63, 3.8) is 0 Å².